The van der Waals surface area contributed by atoms with E-state index in [0.717, 1.165) is 44.2 Å². The van der Waals surface area contributed by atoms with Crippen LogP contribution in [0.3, 0.4) is 0 Å². The van der Waals surface area contributed by atoms with Gasteiger partial charge in [0, 0.05) is 0 Å². The molecule has 4 bridgehead atoms. The lowest BCUT2D eigenvalue weighted by Crippen LogP contribution is -2.67. The summed E-state index contributed by atoms with van der Waals surface area (Å²) in [5.74, 6) is -3.29. The first-order chi connectivity index (χ1) is 11.3. The Kier molecular flexibility index (Phi) is 3.36. The molecular weight excluding hydrogens is 321 g/mol. The summed E-state index contributed by atoms with van der Waals surface area (Å²) in [6.07, 6.45) is 4.60. The monoisotopic (exact) mass is 340 g/mol. The number of anilines is 1. The van der Waals surface area contributed by atoms with Gasteiger partial charge in [0.15, 0.2) is 17.5 Å². The van der Waals surface area contributed by atoms with Gasteiger partial charge in [-0.1, -0.05) is 0 Å². The van der Waals surface area contributed by atoms with Crippen LogP contribution in [-0.4, -0.2) is 17.4 Å². The summed E-state index contributed by atoms with van der Waals surface area (Å²) in [6.45, 7) is 2.06. The molecule has 2 aliphatic heterocycles. The third-order valence-corrected chi connectivity index (χ3v) is 5.41. The van der Waals surface area contributed by atoms with E-state index in [0.29, 0.717) is 11.8 Å². The van der Waals surface area contributed by atoms with Crippen LogP contribution in [0, 0.1) is 29.3 Å². The summed E-state index contributed by atoms with van der Waals surface area (Å²) in [4.78, 5) is 12.3. The van der Waals surface area contributed by atoms with Gasteiger partial charge in [0.1, 0.15) is 5.72 Å². The molecule has 4 fully saturated rings. The predicted molar refractivity (Wildman–Crippen MR) is 80.8 cm³/mol. The van der Waals surface area contributed by atoms with Crippen molar-refractivity contribution in [3.05, 3.63) is 29.6 Å². The number of ether oxygens (including phenoxy) is 1. The standard InChI is InChI=1S/C17H19F3N2O2/c1-16-5-9-4-10(6-16)8-17(7-9,24-16)22-15(23)21-12-3-2-11(18)13(19)14(12)20/h2-3,9-10H,4-8H2,1H3,(H2,21,22,23). The van der Waals surface area contributed by atoms with E-state index >= 15 is 0 Å². The lowest BCUT2D eigenvalue weighted by molar-refractivity contribution is -0.273. The Hall–Kier alpha value is -1.76. The molecular formula is C17H19F3N2O2. The molecule has 4 nitrogen and oxygen atoms in total. The molecule has 1 aromatic rings. The smallest absolute Gasteiger partial charge is 0.321 e. The number of benzene rings is 1. The predicted octanol–water partition coefficient (Wildman–Crippen LogP) is 3.92. The van der Waals surface area contributed by atoms with E-state index in [9.17, 15) is 18.0 Å². The first kappa shape index (κ1) is 15.7. The Morgan fingerprint density at radius 3 is 2.42 bits per heavy atom. The molecule has 1 aromatic carbocycles. The van der Waals surface area contributed by atoms with Crippen molar-refractivity contribution < 1.29 is 22.7 Å². The van der Waals surface area contributed by atoms with Gasteiger partial charge in [-0.15, -0.1) is 0 Å². The minimum atomic E-state index is -1.61. The lowest BCUT2D eigenvalue weighted by Gasteiger charge is -2.60. The molecule has 2 saturated carbocycles. The zero-order chi connectivity index (χ0) is 17.1. The van der Waals surface area contributed by atoms with Crippen LogP contribution in [0.4, 0.5) is 23.7 Å². The molecule has 2 saturated heterocycles. The fraction of sp³-hybridized carbons (Fsp3) is 0.588. The molecule has 2 N–H and O–H groups in total. The van der Waals surface area contributed by atoms with Crippen molar-refractivity contribution in [2.45, 2.75) is 50.4 Å². The molecule has 0 spiro atoms. The van der Waals surface area contributed by atoms with Gasteiger partial charge < -0.3 is 15.4 Å². The van der Waals surface area contributed by atoms with Gasteiger partial charge >= 0.3 is 6.03 Å². The number of carbonyl (C=O) groups excluding carboxylic acids is 1. The summed E-state index contributed by atoms with van der Waals surface area (Å²) < 4.78 is 46.1. The van der Waals surface area contributed by atoms with E-state index in [1.54, 1.807) is 0 Å². The third-order valence-electron chi connectivity index (χ3n) is 5.41. The zero-order valence-electron chi connectivity index (χ0n) is 13.3. The molecule has 2 heterocycles. The molecule has 2 aliphatic carbocycles. The van der Waals surface area contributed by atoms with Crippen LogP contribution in [0.5, 0.6) is 0 Å². The highest BCUT2D eigenvalue weighted by Crippen LogP contribution is 2.56. The third kappa shape index (κ3) is 2.55. The highest BCUT2D eigenvalue weighted by atomic mass is 19.2. The van der Waals surface area contributed by atoms with Crippen molar-refractivity contribution >= 4 is 11.7 Å². The van der Waals surface area contributed by atoms with Gasteiger partial charge in [-0.25, -0.2) is 18.0 Å². The minimum Gasteiger partial charge on any atom is -0.350 e. The van der Waals surface area contributed by atoms with E-state index in [4.69, 9.17) is 4.74 Å². The van der Waals surface area contributed by atoms with E-state index in [1.165, 1.54) is 0 Å². The van der Waals surface area contributed by atoms with Crippen molar-refractivity contribution in [3.8, 4) is 0 Å². The highest BCUT2D eigenvalue weighted by Gasteiger charge is 2.57. The topological polar surface area (TPSA) is 50.4 Å². The summed E-state index contributed by atoms with van der Waals surface area (Å²) >= 11 is 0. The van der Waals surface area contributed by atoms with Crippen molar-refractivity contribution in [3.63, 3.8) is 0 Å². The second-order valence-electron chi connectivity index (χ2n) is 7.63. The maximum Gasteiger partial charge on any atom is 0.321 e. The van der Waals surface area contributed by atoms with Crippen LogP contribution in [0.2, 0.25) is 0 Å². The molecule has 4 aliphatic rings. The van der Waals surface area contributed by atoms with Crippen LogP contribution >= 0.6 is 0 Å². The van der Waals surface area contributed by atoms with Crippen molar-refractivity contribution in [2.75, 3.05) is 5.32 Å². The molecule has 0 radical (unpaired) electrons. The van der Waals surface area contributed by atoms with E-state index in [1.807, 2.05) is 0 Å². The first-order valence-electron chi connectivity index (χ1n) is 8.20. The molecule has 130 valence electrons. The molecule has 24 heavy (non-hydrogen) atoms. The van der Waals surface area contributed by atoms with Crippen LogP contribution in [-0.2, 0) is 4.74 Å². The quantitative estimate of drug-likeness (QED) is 0.802. The number of rotatable bonds is 2. The SMILES string of the molecule is CC12CC3CC(C1)CC(NC(=O)Nc1ccc(F)c(F)c1F)(C3)O2. The zero-order valence-corrected chi connectivity index (χ0v) is 13.3. The normalized spacial score (nSPS) is 36.7. The summed E-state index contributed by atoms with van der Waals surface area (Å²) in [5, 5.41) is 5.06. The van der Waals surface area contributed by atoms with Crippen LogP contribution in [0.25, 0.3) is 0 Å². The van der Waals surface area contributed by atoms with E-state index in [2.05, 4.69) is 17.6 Å². The molecule has 2 unspecified atom stereocenters. The summed E-state index contributed by atoms with van der Waals surface area (Å²) in [6, 6.07) is 1.09. The maximum atomic E-state index is 13.7. The Balaban J connectivity index is 1.50. The van der Waals surface area contributed by atoms with Gasteiger partial charge in [0.05, 0.1) is 11.3 Å². The molecule has 0 aromatic heterocycles. The molecule has 5 rings (SSSR count). The Morgan fingerprint density at radius 1 is 1.12 bits per heavy atom. The number of carbonyl (C=O) groups is 1. The van der Waals surface area contributed by atoms with E-state index < -0.39 is 34.9 Å². The average Bonchev–Trinajstić information content (AvgIpc) is 2.45. The Bertz CT molecular complexity index is 695. The van der Waals surface area contributed by atoms with Crippen LogP contribution < -0.4 is 10.6 Å². The van der Waals surface area contributed by atoms with Gasteiger partial charge in [0.25, 0.3) is 0 Å². The van der Waals surface area contributed by atoms with Gasteiger partial charge in [-0.05, 0) is 63.0 Å². The Labute approximate surface area is 137 Å². The second kappa shape index (κ2) is 5.12. The molecule has 2 amide bonds. The van der Waals surface area contributed by atoms with Crippen LogP contribution in [0.15, 0.2) is 12.1 Å². The second-order valence-corrected chi connectivity index (χ2v) is 7.63. The first-order valence-corrected chi connectivity index (χ1v) is 8.20. The van der Waals surface area contributed by atoms with E-state index in [-0.39, 0.29) is 5.60 Å². The van der Waals surface area contributed by atoms with Crippen molar-refractivity contribution in [2.24, 2.45) is 11.8 Å². The fourth-order valence-electron chi connectivity index (χ4n) is 5.02. The molecule has 7 heteroatoms. The van der Waals surface area contributed by atoms with Gasteiger partial charge in [-0.2, -0.15) is 0 Å². The number of nitrogens with one attached hydrogen (secondary N) is 2. The minimum absolute atomic E-state index is 0.232. The van der Waals surface area contributed by atoms with Gasteiger partial charge in [-0.3, -0.25) is 0 Å². The highest BCUT2D eigenvalue weighted by molar-refractivity contribution is 5.89. The van der Waals surface area contributed by atoms with Crippen molar-refractivity contribution in [1.82, 2.24) is 5.32 Å². The summed E-state index contributed by atoms with van der Waals surface area (Å²) in [5.41, 5.74) is -1.38. The number of halogens is 3. The Morgan fingerprint density at radius 2 is 1.79 bits per heavy atom. The number of urea groups is 1. The van der Waals surface area contributed by atoms with Gasteiger partial charge in [0.2, 0.25) is 0 Å². The lowest BCUT2D eigenvalue weighted by atomic mass is 9.60. The number of hydrogen-bond acceptors (Lipinski definition) is 2. The summed E-state index contributed by atoms with van der Waals surface area (Å²) in [7, 11) is 0. The van der Waals surface area contributed by atoms with Crippen LogP contribution in [0.1, 0.15) is 39.0 Å². The largest absolute Gasteiger partial charge is 0.350 e. The average molecular weight is 340 g/mol. The number of hydrogen-bond donors (Lipinski definition) is 2. The molecule has 2 atom stereocenters. The maximum absolute atomic E-state index is 13.7. The van der Waals surface area contributed by atoms with Crippen molar-refractivity contribution in [1.29, 1.82) is 0 Å². The number of amides is 2. The fourth-order valence-corrected chi connectivity index (χ4v) is 5.02.